The normalized spacial score (nSPS) is 15.2. The molecular formula is C9H27PSi3. The summed E-state index contributed by atoms with van der Waals surface area (Å²) in [5.41, 5.74) is 0. The lowest BCUT2D eigenvalue weighted by Gasteiger charge is -2.47. The van der Waals surface area contributed by atoms with Gasteiger partial charge in [0.05, 0.1) is 23.2 Å². The van der Waals surface area contributed by atoms with Crippen molar-refractivity contribution in [1.29, 1.82) is 0 Å². The van der Waals surface area contributed by atoms with Crippen LogP contribution in [-0.4, -0.2) is 23.2 Å². The minimum atomic E-state index is -0.869. The highest BCUT2D eigenvalue weighted by molar-refractivity contribution is 8.37. The van der Waals surface area contributed by atoms with Gasteiger partial charge in [0.15, 0.2) is 0 Å². The summed E-state index contributed by atoms with van der Waals surface area (Å²) in [5, 5.41) is 0. The summed E-state index contributed by atoms with van der Waals surface area (Å²) in [6, 6.07) is 0. The molecule has 0 saturated heterocycles. The summed E-state index contributed by atoms with van der Waals surface area (Å²) >= 11 is 0. The van der Waals surface area contributed by atoms with Gasteiger partial charge in [-0.3, -0.25) is 0 Å². The van der Waals surface area contributed by atoms with E-state index in [9.17, 15) is 0 Å². The van der Waals surface area contributed by atoms with E-state index in [4.69, 9.17) is 0 Å². The Morgan fingerprint density at radius 1 is 0.462 bits per heavy atom. The van der Waals surface area contributed by atoms with Crippen LogP contribution < -0.4 is 0 Å². The molecule has 0 bridgehead atoms. The molecule has 0 aromatic carbocycles. The zero-order valence-corrected chi connectivity index (χ0v) is 14.8. The van der Waals surface area contributed by atoms with E-state index < -0.39 is 23.2 Å². The molecule has 0 saturated carbocycles. The standard InChI is InChI=1S/C9H27PSi3/c1-11(2,3)10(12(4,5)6)13(7,8)9/h1-9H3. The second kappa shape index (κ2) is 3.92. The van der Waals surface area contributed by atoms with E-state index in [1.165, 1.54) is 0 Å². The van der Waals surface area contributed by atoms with Crippen LogP contribution >= 0.6 is 6.57 Å². The molecule has 0 fully saturated rings. The Balaban J connectivity index is 5.02. The van der Waals surface area contributed by atoms with Crippen LogP contribution in [0.3, 0.4) is 0 Å². The van der Waals surface area contributed by atoms with Crippen molar-refractivity contribution in [3.8, 4) is 0 Å². The molecule has 80 valence electrons. The number of hydrogen-bond donors (Lipinski definition) is 0. The molecule has 4 heteroatoms. The van der Waals surface area contributed by atoms with E-state index in [2.05, 4.69) is 58.9 Å². The van der Waals surface area contributed by atoms with Crippen molar-refractivity contribution in [3.63, 3.8) is 0 Å². The zero-order valence-electron chi connectivity index (χ0n) is 10.9. The van der Waals surface area contributed by atoms with Crippen LogP contribution in [0.4, 0.5) is 0 Å². The predicted octanol–water partition coefficient (Wildman–Crippen LogP) is 4.97. The van der Waals surface area contributed by atoms with Crippen LogP contribution in [0, 0.1) is 0 Å². The lowest BCUT2D eigenvalue weighted by Crippen LogP contribution is -2.43. The molecule has 0 amide bonds. The van der Waals surface area contributed by atoms with Crippen molar-refractivity contribution in [2.45, 2.75) is 58.9 Å². The van der Waals surface area contributed by atoms with Gasteiger partial charge in [0, 0.05) is 0 Å². The van der Waals surface area contributed by atoms with Crippen molar-refractivity contribution >= 4 is 29.8 Å². The Morgan fingerprint density at radius 3 is 0.615 bits per heavy atom. The van der Waals surface area contributed by atoms with Crippen LogP contribution in [0.2, 0.25) is 58.9 Å². The molecule has 0 heterocycles. The third-order valence-corrected chi connectivity index (χ3v) is 54.3. The average Bonchev–Trinajstić information content (AvgIpc) is 1.44. The molecular weight excluding hydrogens is 223 g/mol. The average molecular weight is 251 g/mol. The van der Waals surface area contributed by atoms with Gasteiger partial charge in [-0.2, -0.15) is 0 Å². The summed E-state index contributed by atoms with van der Waals surface area (Å²) in [4.78, 5) is 0. The van der Waals surface area contributed by atoms with E-state index in [0.717, 1.165) is 0 Å². The third kappa shape index (κ3) is 4.41. The molecule has 0 aliphatic heterocycles. The van der Waals surface area contributed by atoms with Gasteiger partial charge in [0.1, 0.15) is 0 Å². The van der Waals surface area contributed by atoms with Crippen LogP contribution in [-0.2, 0) is 0 Å². The summed E-state index contributed by atoms with van der Waals surface area (Å²) < 4.78 is 0. The van der Waals surface area contributed by atoms with Gasteiger partial charge >= 0.3 is 0 Å². The first-order valence-electron chi connectivity index (χ1n) is 5.17. The Kier molecular flexibility index (Phi) is 4.24. The van der Waals surface area contributed by atoms with E-state index in [1.807, 2.05) is 0 Å². The van der Waals surface area contributed by atoms with Gasteiger partial charge in [-0.15, -0.1) is 6.57 Å². The molecule has 0 rings (SSSR count). The van der Waals surface area contributed by atoms with Crippen molar-refractivity contribution in [3.05, 3.63) is 0 Å². The zero-order chi connectivity index (χ0) is 11.1. The first-order chi connectivity index (χ1) is 5.37. The van der Waals surface area contributed by atoms with Gasteiger partial charge < -0.3 is 0 Å². The summed E-state index contributed by atoms with van der Waals surface area (Å²) in [7, 11) is -2.61. The van der Waals surface area contributed by atoms with E-state index in [0.29, 0.717) is 6.57 Å². The SMILES string of the molecule is C[Si](C)(C)P([Si](C)(C)C)[Si](C)(C)C. The van der Waals surface area contributed by atoms with E-state index in [-0.39, 0.29) is 0 Å². The first kappa shape index (κ1) is 14.1. The van der Waals surface area contributed by atoms with E-state index >= 15 is 0 Å². The second-order valence-corrected chi connectivity index (χ2v) is 40.7. The highest BCUT2D eigenvalue weighted by Crippen LogP contribution is 2.61. The Labute approximate surface area is 88.9 Å². The molecule has 0 aromatic heterocycles. The van der Waals surface area contributed by atoms with Gasteiger partial charge in [0.25, 0.3) is 0 Å². The van der Waals surface area contributed by atoms with Crippen LogP contribution in [0.1, 0.15) is 0 Å². The maximum absolute atomic E-state index is 2.59. The predicted molar refractivity (Wildman–Crippen MR) is 77.0 cm³/mol. The van der Waals surface area contributed by atoms with Crippen molar-refractivity contribution < 1.29 is 0 Å². The minimum Gasteiger partial charge on any atom is -0.140 e. The van der Waals surface area contributed by atoms with Gasteiger partial charge in [0.2, 0.25) is 0 Å². The van der Waals surface area contributed by atoms with Gasteiger partial charge in [-0.05, 0) is 0 Å². The number of rotatable bonds is 3. The van der Waals surface area contributed by atoms with Gasteiger partial charge in [-0.1, -0.05) is 58.9 Å². The molecule has 0 unspecified atom stereocenters. The molecule has 0 radical (unpaired) electrons. The summed E-state index contributed by atoms with van der Waals surface area (Å²) in [5.74, 6) is 0. The molecule has 0 aromatic rings. The topological polar surface area (TPSA) is 0 Å². The largest absolute Gasteiger partial charge is 0.140 e. The Bertz CT molecular complexity index is 137. The fourth-order valence-electron chi connectivity index (χ4n) is 3.02. The highest BCUT2D eigenvalue weighted by atomic mass is 31.8. The quantitative estimate of drug-likeness (QED) is 0.490. The molecule has 0 N–H and O–H groups in total. The highest BCUT2D eigenvalue weighted by Gasteiger charge is 2.44. The van der Waals surface area contributed by atoms with Crippen LogP contribution in [0.5, 0.6) is 0 Å². The van der Waals surface area contributed by atoms with E-state index in [1.54, 1.807) is 0 Å². The molecule has 0 aliphatic rings. The molecule has 0 aliphatic carbocycles. The molecule has 0 spiro atoms. The molecule has 0 nitrogen and oxygen atoms in total. The third-order valence-electron chi connectivity index (χ3n) is 2.01. The van der Waals surface area contributed by atoms with Crippen LogP contribution in [0.15, 0.2) is 0 Å². The number of hydrogen-bond acceptors (Lipinski definition) is 0. The summed E-state index contributed by atoms with van der Waals surface area (Å²) in [6.07, 6.45) is 0. The fourth-order valence-corrected chi connectivity index (χ4v) is 81.5. The summed E-state index contributed by atoms with van der Waals surface area (Å²) in [6.45, 7) is 23.8. The maximum atomic E-state index is 2.59. The maximum Gasteiger partial charge on any atom is 0.0640 e. The van der Waals surface area contributed by atoms with Crippen LogP contribution in [0.25, 0.3) is 0 Å². The van der Waals surface area contributed by atoms with Crippen molar-refractivity contribution in [1.82, 2.24) is 0 Å². The lowest BCUT2D eigenvalue weighted by molar-refractivity contribution is 1.81. The fraction of sp³-hybridized carbons (Fsp3) is 1.00. The molecule has 13 heavy (non-hydrogen) atoms. The van der Waals surface area contributed by atoms with Crippen molar-refractivity contribution in [2.24, 2.45) is 0 Å². The molecule has 0 atom stereocenters. The smallest absolute Gasteiger partial charge is 0.0640 e. The van der Waals surface area contributed by atoms with Gasteiger partial charge in [-0.25, -0.2) is 0 Å². The Morgan fingerprint density at radius 2 is 0.615 bits per heavy atom. The monoisotopic (exact) mass is 250 g/mol. The Hall–Kier alpha value is 1.08. The van der Waals surface area contributed by atoms with Crippen molar-refractivity contribution in [2.75, 3.05) is 0 Å². The second-order valence-electron chi connectivity index (χ2n) is 6.85. The first-order valence-corrected chi connectivity index (χ1v) is 19.5. The lowest BCUT2D eigenvalue weighted by atomic mass is 11.8. The minimum absolute atomic E-state index is 0.433.